The van der Waals surface area contributed by atoms with Crippen LogP contribution in [0.5, 0.6) is 0 Å². The summed E-state index contributed by atoms with van der Waals surface area (Å²) in [7, 11) is 0. The van der Waals surface area contributed by atoms with Crippen molar-refractivity contribution in [2.75, 3.05) is 0 Å². The van der Waals surface area contributed by atoms with Crippen LogP contribution in [-0.2, 0) is 0 Å². The van der Waals surface area contributed by atoms with Gasteiger partial charge in [-0.25, -0.2) is 4.99 Å². The normalized spacial score (nSPS) is 11.5. The van der Waals surface area contributed by atoms with E-state index in [1.165, 1.54) is 12.4 Å². The van der Waals surface area contributed by atoms with Crippen LogP contribution in [0.2, 0.25) is 0 Å². The number of nitrogens with zero attached hydrogens (tertiary/aromatic N) is 3. The minimum absolute atomic E-state index is 0.169. The van der Waals surface area contributed by atoms with Gasteiger partial charge in [0.25, 0.3) is 5.70 Å². The number of benzene rings is 2. The molecule has 0 aliphatic rings. The third kappa shape index (κ3) is 4.06. The fraction of sp³-hybridized carbons (Fsp3) is 0. The van der Waals surface area contributed by atoms with E-state index in [2.05, 4.69) is 10.3 Å². The highest BCUT2D eigenvalue weighted by Crippen LogP contribution is 2.18. The minimum atomic E-state index is -0.515. The van der Waals surface area contributed by atoms with E-state index in [9.17, 15) is 10.1 Å². The Morgan fingerprint density at radius 1 is 1.05 bits per heavy atom. The molecule has 2 rings (SSSR count). The molecule has 0 atom stereocenters. The highest BCUT2D eigenvalue weighted by molar-refractivity contribution is 5.79. The van der Waals surface area contributed by atoms with Gasteiger partial charge in [-0.15, -0.1) is 5.69 Å². The van der Waals surface area contributed by atoms with Crippen molar-refractivity contribution in [2.45, 2.75) is 0 Å². The Bertz CT molecular complexity index is 622. The van der Waals surface area contributed by atoms with Gasteiger partial charge in [-0.1, -0.05) is 54.7 Å². The van der Waals surface area contributed by atoms with Crippen molar-refractivity contribution < 1.29 is 4.92 Å². The second-order valence-electron chi connectivity index (χ2n) is 3.87. The quantitative estimate of drug-likeness (QED) is 0.462. The monoisotopic (exact) mass is 266 g/mol. The Morgan fingerprint density at radius 2 is 1.65 bits per heavy atom. The molecular formula is C15H12N3O2-. The molecular weight excluding hydrogens is 254 g/mol. The molecule has 5 nitrogen and oxygen atoms in total. The molecule has 2 aromatic rings. The van der Waals surface area contributed by atoms with Gasteiger partial charge < -0.3 is 5.32 Å². The molecule has 100 valence electrons. The first-order valence-corrected chi connectivity index (χ1v) is 5.95. The standard InChI is InChI=1S/C15H12N3O2/c19-18(20)15(11-16-13-7-3-1-4-8-13)12-17-14-9-5-2-6-10-14/h1-12H/q-1/b15-11+,17-12?. The van der Waals surface area contributed by atoms with E-state index in [4.69, 9.17) is 0 Å². The molecule has 0 heterocycles. The first-order valence-electron chi connectivity index (χ1n) is 5.95. The molecule has 0 N–H and O–H groups in total. The Labute approximate surface area is 116 Å². The summed E-state index contributed by atoms with van der Waals surface area (Å²) < 4.78 is 0. The lowest BCUT2D eigenvalue weighted by molar-refractivity contribution is -0.414. The van der Waals surface area contributed by atoms with Crippen LogP contribution in [-0.4, -0.2) is 11.1 Å². The van der Waals surface area contributed by atoms with Gasteiger partial charge in [0, 0.05) is 0 Å². The summed E-state index contributed by atoms with van der Waals surface area (Å²) in [6.07, 6.45) is 2.39. The molecule has 0 aromatic heterocycles. The minimum Gasteiger partial charge on any atom is -0.659 e. The maximum Gasteiger partial charge on any atom is 0.265 e. The van der Waals surface area contributed by atoms with Crippen LogP contribution in [0.15, 0.2) is 77.6 Å². The van der Waals surface area contributed by atoms with Crippen LogP contribution in [0.3, 0.4) is 0 Å². The van der Waals surface area contributed by atoms with E-state index < -0.39 is 4.92 Å². The van der Waals surface area contributed by atoms with Crippen LogP contribution in [0.25, 0.3) is 5.32 Å². The van der Waals surface area contributed by atoms with E-state index in [-0.39, 0.29) is 5.70 Å². The molecule has 0 aliphatic heterocycles. The summed E-state index contributed by atoms with van der Waals surface area (Å²) in [4.78, 5) is 14.5. The van der Waals surface area contributed by atoms with Gasteiger partial charge >= 0.3 is 0 Å². The van der Waals surface area contributed by atoms with Gasteiger partial charge in [0.1, 0.15) is 6.21 Å². The second-order valence-corrected chi connectivity index (χ2v) is 3.87. The van der Waals surface area contributed by atoms with Crippen molar-refractivity contribution in [1.82, 2.24) is 0 Å². The average molecular weight is 266 g/mol. The molecule has 0 saturated heterocycles. The van der Waals surface area contributed by atoms with Crippen molar-refractivity contribution in [3.05, 3.63) is 88.0 Å². The van der Waals surface area contributed by atoms with E-state index in [1.54, 1.807) is 24.3 Å². The van der Waals surface area contributed by atoms with E-state index in [1.807, 2.05) is 36.4 Å². The topological polar surface area (TPSA) is 69.6 Å². The number of para-hydroxylation sites is 2. The Balaban J connectivity index is 2.11. The zero-order valence-corrected chi connectivity index (χ0v) is 10.6. The molecule has 20 heavy (non-hydrogen) atoms. The van der Waals surface area contributed by atoms with Crippen molar-refractivity contribution >= 4 is 17.6 Å². The SMILES string of the molecule is O=[N+]([O-])/C(C=Nc1ccccc1)=C/[N-]c1ccccc1. The number of rotatable bonds is 5. The maximum absolute atomic E-state index is 10.9. The van der Waals surface area contributed by atoms with E-state index >= 15 is 0 Å². The molecule has 0 saturated carbocycles. The van der Waals surface area contributed by atoms with Crippen LogP contribution < -0.4 is 0 Å². The van der Waals surface area contributed by atoms with Crippen molar-refractivity contribution in [3.63, 3.8) is 0 Å². The lowest BCUT2D eigenvalue weighted by Gasteiger charge is -2.14. The maximum atomic E-state index is 10.9. The van der Waals surface area contributed by atoms with Gasteiger partial charge in [0.05, 0.1) is 10.6 Å². The molecule has 0 radical (unpaired) electrons. The van der Waals surface area contributed by atoms with Crippen LogP contribution in [0.1, 0.15) is 0 Å². The third-order valence-electron chi connectivity index (χ3n) is 2.41. The Hall–Kier alpha value is -2.95. The smallest absolute Gasteiger partial charge is 0.265 e. The van der Waals surface area contributed by atoms with Crippen molar-refractivity contribution in [2.24, 2.45) is 4.99 Å². The fourth-order valence-corrected chi connectivity index (χ4v) is 1.44. The molecule has 0 unspecified atom stereocenters. The average Bonchev–Trinajstić information content (AvgIpc) is 2.49. The predicted octanol–water partition coefficient (Wildman–Crippen LogP) is 4.21. The van der Waals surface area contributed by atoms with Crippen LogP contribution in [0.4, 0.5) is 11.4 Å². The Morgan fingerprint density at radius 3 is 2.25 bits per heavy atom. The van der Waals surface area contributed by atoms with Gasteiger partial charge in [0.2, 0.25) is 0 Å². The van der Waals surface area contributed by atoms with Gasteiger partial charge in [0.15, 0.2) is 0 Å². The molecule has 2 aromatic carbocycles. The third-order valence-corrected chi connectivity index (χ3v) is 2.41. The van der Waals surface area contributed by atoms with E-state index in [0.717, 1.165) is 0 Å². The summed E-state index contributed by atoms with van der Waals surface area (Å²) in [5, 5.41) is 15.0. The number of hydrogen-bond acceptors (Lipinski definition) is 3. The van der Waals surface area contributed by atoms with Gasteiger partial charge in [-0.05, 0) is 12.1 Å². The fourth-order valence-electron chi connectivity index (χ4n) is 1.44. The number of nitro groups is 1. The van der Waals surface area contributed by atoms with Crippen LogP contribution in [0, 0.1) is 10.1 Å². The summed E-state index contributed by atoms with van der Waals surface area (Å²) in [6.45, 7) is 0. The summed E-state index contributed by atoms with van der Waals surface area (Å²) in [6, 6.07) is 18.0. The Kier molecular flexibility index (Phi) is 4.61. The molecule has 0 spiro atoms. The van der Waals surface area contributed by atoms with Crippen molar-refractivity contribution in [3.8, 4) is 0 Å². The zero-order valence-electron chi connectivity index (χ0n) is 10.6. The van der Waals surface area contributed by atoms with Crippen molar-refractivity contribution in [1.29, 1.82) is 0 Å². The largest absolute Gasteiger partial charge is 0.659 e. The molecule has 0 amide bonds. The summed E-state index contributed by atoms with van der Waals surface area (Å²) >= 11 is 0. The summed E-state index contributed by atoms with van der Waals surface area (Å²) in [5.74, 6) is 0. The molecule has 5 heteroatoms. The number of aliphatic imine (C=N–C) groups is 1. The highest BCUT2D eigenvalue weighted by Gasteiger charge is 2.02. The summed E-state index contributed by atoms with van der Waals surface area (Å²) in [5.41, 5.74) is 1.14. The highest BCUT2D eigenvalue weighted by atomic mass is 16.6. The lowest BCUT2D eigenvalue weighted by Crippen LogP contribution is -1.99. The predicted molar refractivity (Wildman–Crippen MR) is 79.1 cm³/mol. The molecule has 0 aliphatic carbocycles. The van der Waals surface area contributed by atoms with Gasteiger partial charge in [-0.2, -0.15) is 0 Å². The van der Waals surface area contributed by atoms with Crippen LogP contribution >= 0.6 is 0 Å². The second kappa shape index (κ2) is 6.84. The van der Waals surface area contributed by atoms with E-state index in [0.29, 0.717) is 11.4 Å². The first-order chi connectivity index (χ1) is 9.75. The first kappa shape index (κ1) is 13.5. The molecule has 0 fully saturated rings. The molecule has 0 bridgehead atoms. The van der Waals surface area contributed by atoms with Gasteiger partial charge in [-0.3, -0.25) is 10.1 Å². The number of hydrogen-bond donors (Lipinski definition) is 0. The number of allylic oxidation sites excluding steroid dienone is 1. The lowest BCUT2D eigenvalue weighted by atomic mass is 10.3. The zero-order chi connectivity index (χ0) is 14.2.